The van der Waals surface area contributed by atoms with Crippen molar-refractivity contribution in [1.29, 1.82) is 0 Å². The van der Waals surface area contributed by atoms with Gasteiger partial charge in [0.15, 0.2) is 0 Å². The summed E-state index contributed by atoms with van der Waals surface area (Å²) in [6, 6.07) is 5.45. The fraction of sp³-hybridized carbons (Fsp3) is 0.0909. The number of hydrogen-bond donors (Lipinski definition) is 0. The second-order valence-electron chi connectivity index (χ2n) is 3.25. The Kier molecular flexibility index (Phi) is 2.68. The van der Waals surface area contributed by atoms with Crippen molar-refractivity contribution in [1.82, 2.24) is 9.55 Å². The fourth-order valence-corrected chi connectivity index (χ4v) is 1.96. The van der Waals surface area contributed by atoms with E-state index in [1.54, 1.807) is 18.5 Å². The maximum Gasteiger partial charge on any atom is 0.150 e. The van der Waals surface area contributed by atoms with Gasteiger partial charge in [-0.2, -0.15) is 0 Å². The van der Waals surface area contributed by atoms with E-state index in [2.05, 4.69) is 20.9 Å². The van der Waals surface area contributed by atoms with Gasteiger partial charge in [-0.15, -0.1) is 0 Å². The van der Waals surface area contributed by atoms with Crippen LogP contribution in [0.4, 0.5) is 0 Å². The standard InChI is InChI=1S/C11H9BrN2O/c1-8-5-14(7-13-8)11-3-2-9(6-15)4-10(11)12/h2-7H,1H3. The molecular weight excluding hydrogens is 256 g/mol. The fourth-order valence-electron chi connectivity index (χ4n) is 1.36. The van der Waals surface area contributed by atoms with E-state index in [1.807, 2.05) is 23.8 Å². The number of carbonyl (C=O) groups excluding carboxylic acids is 1. The molecule has 1 heterocycles. The number of rotatable bonds is 2. The molecule has 0 atom stereocenters. The number of nitrogens with zero attached hydrogens (tertiary/aromatic N) is 2. The lowest BCUT2D eigenvalue weighted by atomic mass is 10.2. The number of halogens is 1. The minimum absolute atomic E-state index is 0.655. The Balaban J connectivity index is 2.49. The van der Waals surface area contributed by atoms with Crippen molar-refractivity contribution in [2.45, 2.75) is 6.92 Å². The molecule has 0 fully saturated rings. The molecule has 76 valence electrons. The van der Waals surface area contributed by atoms with Gasteiger partial charge in [-0.25, -0.2) is 4.98 Å². The summed E-state index contributed by atoms with van der Waals surface area (Å²) in [6.45, 7) is 1.93. The summed E-state index contributed by atoms with van der Waals surface area (Å²) in [5, 5.41) is 0. The van der Waals surface area contributed by atoms with Gasteiger partial charge in [0.25, 0.3) is 0 Å². The van der Waals surface area contributed by atoms with Crippen LogP contribution in [0, 0.1) is 6.92 Å². The molecule has 1 aromatic heterocycles. The van der Waals surface area contributed by atoms with Crippen molar-refractivity contribution in [2.75, 3.05) is 0 Å². The molecule has 1 aromatic carbocycles. The van der Waals surface area contributed by atoms with E-state index in [0.717, 1.165) is 22.1 Å². The summed E-state index contributed by atoms with van der Waals surface area (Å²) in [5.74, 6) is 0. The summed E-state index contributed by atoms with van der Waals surface area (Å²) in [7, 11) is 0. The Morgan fingerprint density at radius 3 is 2.80 bits per heavy atom. The van der Waals surface area contributed by atoms with Crippen LogP contribution in [-0.4, -0.2) is 15.8 Å². The SMILES string of the molecule is Cc1cn(-c2ccc(C=O)cc2Br)cn1. The van der Waals surface area contributed by atoms with E-state index in [9.17, 15) is 4.79 Å². The van der Waals surface area contributed by atoms with Gasteiger partial charge < -0.3 is 4.57 Å². The molecule has 0 unspecified atom stereocenters. The number of aromatic nitrogens is 2. The van der Waals surface area contributed by atoms with Gasteiger partial charge in [-0.05, 0) is 41.1 Å². The molecule has 0 amide bonds. The predicted octanol–water partition coefficient (Wildman–Crippen LogP) is 2.76. The second kappa shape index (κ2) is 3.98. The van der Waals surface area contributed by atoms with Crippen molar-refractivity contribution in [3.05, 3.63) is 46.5 Å². The molecule has 0 saturated carbocycles. The van der Waals surface area contributed by atoms with Crippen LogP contribution in [0.1, 0.15) is 16.1 Å². The first-order valence-corrected chi connectivity index (χ1v) is 5.25. The van der Waals surface area contributed by atoms with Crippen LogP contribution in [0.2, 0.25) is 0 Å². The van der Waals surface area contributed by atoms with Crippen LogP contribution in [0.3, 0.4) is 0 Å². The Bertz CT molecular complexity index is 505. The van der Waals surface area contributed by atoms with Crippen LogP contribution in [0.25, 0.3) is 5.69 Å². The average molecular weight is 265 g/mol. The third kappa shape index (κ3) is 1.99. The van der Waals surface area contributed by atoms with Crippen molar-refractivity contribution in [3.8, 4) is 5.69 Å². The minimum atomic E-state index is 0.655. The molecule has 0 spiro atoms. The summed E-state index contributed by atoms with van der Waals surface area (Å²) in [4.78, 5) is 14.7. The van der Waals surface area contributed by atoms with Crippen LogP contribution >= 0.6 is 15.9 Å². The Hall–Kier alpha value is -1.42. The smallest absolute Gasteiger partial charge is 0.150 e. The number of aryl methyl sites for hydroxylation is 1. The second-order valence-corrected chi connectivity index (χ2v) is 4.11. The molecule has 4 heteroatoms. The highest BCUT2D eigenvalue weighted by molar-refractivity contribution is 9.10. The summed E-state index contributed by atoms with van der Waals surface area (Å²) in [5.41, 5.74) is 2.59. The summed E-state index contributed by atoms with van der Waals surface area (Å²) < 4.78 is 2.79. The average Bonchev–Trinajstić information content (AvgIpc) is 2.64. The maximum atomic E-state index is 10.6. The number of carbonyl (C=O) groups is 1. The van der Waals surface area contributed by atoms with Crippen LogP contribution in [0.15, 0.2) is 35.2 Å². The third-order valence-electron chi connectivity index (χ3n) is 2.10. The van der Waals surface area contributed by atoms with Crippen LogP contribution in [0.5, 0.6) is 0 Å². The molecule has 0 aliphatic rings. The molecule has 3 nitrogen and oxygen atoms in total. The maximum absolute atomic E-state index is 10.6. The van der Waals surface area contributed by atoms with Gasteiger partial charge in [0.1, 0.15) is 6.29 Å². The minimum Gasteiger partial charge on any atom is -0.305 e. The van der Waals surface area contributed by atoms with Gasteiger partial charge >= 0.3 is 0 Å². The largest absolute Gasteiger partial charge is 0.305 e. The highest BCUT2D eigenvalue weighted by atomic mass is 79.9. The van der Waals surface area contributed by atoms with E-state index in [4.69, 9.17) is 0 Å². The van der Waals surface area contributed by atoms with Crippen molar-refractivity contribution in [3.63, 3.8) is 0 Å². The molecule has 15 heavy (non-hydrogen) atoms. The Morgan fingerprint density at radius 1 is 1.47 bits per heavy atom. The molecule has 0 N–H and O–H groups in total. The highest BCUT2D eigenvalue weighted by Gasteiger charge is 2.03. The van der Waals surface area contributed by atoms with E-state index in [0.29, 0.717) is 5.56 Å². The van der Waals surface area contributed by atoms with Gasteiger partial charge in [-0.1, -0.05) is 0 Å². The van der Waals surface area contributed by atoms with Crippen molar-refractivity contribution >= 4 is 22.2 Å². The van der Waals surface area contributed by atoms with Gasteiger partial charge in [-0.3, -0.25) is 4.79 Å². The third-order valence-corrected chi connectivity index (χ3v) is 2.73. The molecule has 2 rings (SSSR count). The Morgan fingerprint density at radius 2 is 2.27 bits per heavy atom. The normalized spacial score (nSPS) is 10.3. The van der Waals surface area contributed by atoms with Crippen molar-refractivity contribution in [2.24, 2.45) is 0 Å². The zero-order valence-electron chi connectivity index (χ0n) is 8.14. The van der Waals surface area contributed by atoms with E-state index in [1.165, 1.54) is 0 Å². The molecule has 0 saturated heterocycles. The van der Waals surface area contributed by atoms with E-state index < -0.39 is 0 Å². The zero-order chi connectivity index (χ0) is 10.8. The van der Waals surface area contributed by atoms with Gasteiger partial charge in [0, 0.05) is 16.2 Å². The summed E-state index contributed by atoms with van der Waals surface area (Å²) in [6.07, 6.45) is 4.50. The number of hydrogen-bond acceptors (Lipinski definition) is 2. The summed E-state index contributed by atoms with van der Waals surface area (Å²) >= 11 is 3.43. The van der Waals surface area contributed by atoms with Crippen LogP contribution < -0.4 is 0 Å². The van der Waals surface area contributed by atoms with Crippen molar-refractivity contribution < 1.29 is 4.79 Å². The first-order chi connectivity index (χ1) is 7.20. The van der Waals surface area contributed by atoms with Gasteiger partial charge in [0.2, 0.25) is 0 Å². The zero-order valence-corrected chi connectivity index (χ0v) is 9.73. The number of benzene rings is 1. The molecule has 0 radical (unpaired) electrons. The molecular formula is C11H9BrN2O. The first kappa shape index (κ1) is 10.1. The lowest BCUT2D eigenvalue weighted by Gasteiger charge is -2.05. The monoisotopic (exact) mass is 264 g/mol. The lowest BCUT2D eigenvalue weighted by molar-refractivity contribution is 0.112. The van der Waals surface area contributed by atoms with E-state index in [-0.39, 0.29) is 0 Å². The molecule has 0 aliphatic carbocycles. The number of aldehydes is 1. The highest BCUT2D eigenvalue weighted by Crippen LogP contribution is 2.22. The Labute approximate surface area is 95.9 Å². The molecule has 0 bridgehead atoms. The predicted molar refractivity (Wildman–Crippen MR) is 61.4 cm³/mol. The molecule has 0 aliphatic heterocycles. The quantitative estimate of drug-likeness (QED) is 0.782. The molecule has 2 aromatic rings. The topological polar surface area (TPSA) is 34.9 Å². The van der Waals surface area contributed by atoms with E-state index >= 15 is 0 Å². The van der Waals surface area contributed by atoms with Gasteiger partial charge in [0.05, 0.1) is 17.7 Å². The van der Waals surface area contributed by atoms with Crippen LogP contribution in [-0.2, 0) is 0 Å². The number of imidazole rings is 1. The lowest BCUT2D eigenvalue weighted by Crippen LogP contribution is -1.92. The first-order valence-electron chi connectivity index (χ1n) is 4.46.